The van der Waals surface area contributed by atoms with E-state index in [1.54, 1.807) is 0 Å². The molecule has 0 heterocycles. The first-order chi connectivity index (χ1) is 12.7. The SMILES string of the molecule is C[C@@H](NC(=S)NCCc1ccccc1)c1ccc(-c2ccccc2)cc1. The van der Waals surface area contributed by atoms with Crippen LogP contribution >= 0.6 is 12.2 Å². The fourth-order valence-corrected chi connectivity index (χ4v) is 3.17. The number of thiocarbonyl (C=S) groups is 1. The van der Waals surface area contributed by atoms with Crippen LogP contribution in [0.4, 0.5) is 0 Å². The molecule has 0 spiro atoms. The van der Waals surface area contributed by atoms with E-state index in [4.69, 9.17) is 12.2 Å². The van der Waals surface area contributed by atoms with Gasteiger partial charge in [0.15, 0.2) is 5.11 Å². The van der Waals surface area contributed by atoms with E-state index in [9.17, 15) is 0 Å². The first-order valence-corrected chi connectivity index (χ1v) is 9.37. The highest BCUT2D eigenvalue weighted by atomic mass is 32.1. The minimum Gasteiger partial charge on any atom is -0.362 e. The summed E-state index contributed by atoms with van der Waals surface area (Å²) >= 11 is 5.43. The molecule has 0 aliphatic rings. The van der Waals surface area contributed by atoms with Crippen LogP contribution in [0.1, 0.15) is 24.1 Å². The molecule has 0 aromatic heterocycles. The predicted molar refractivity (Wildman–Crippen MR) is 114 cm³/mol. The summed E-state index contributed by atoms with van der Waals surface area (Å²) in [6, 6.07) is 29.7. The summed E-state index contributed by atoms with van der Waals surface area (Å²) in [4.78, 5) is 0. The zero-order chi connectivity index (χ0) is 18.2. The summed E-state index contributed by atoms with van der Waals surface area (Å²) in [6.45, 7) is 2.96. The van der Waals surface area contributed by atoms with E-state index in [1.807, 2.05) is 12.1 Å². The van der Waals surface area contributed by atoms with Crippen molar-refractivity contribution >= 4 is 17.3 Å². The molecular formula is C23H24N2S. The molecule has 0 saturated heterocycles. The van der Waals surface area contributed by atoms with Crippen LogP contribution in [-0.2, 0) is 6.42 Å². The second kappa shape index (κ2) is 9.16. The van der Waals surface area contributed by atoms with E-state index in [0.717, 1.165) is 13.0 Å². The van der Waals surface area contributed by atoms with Crippen molar-refractivity contribution in [3.05, 3.63) is 96.1 Å². The molecule has 1 atom stereocenters. The van der Waals surface area contributed by atoms with E-state index in [0.29, 0.717) is 5.11 Å². The van der Waals surface area contributed by atoms with E-state index < -0.39 is 0 Å². The van der Waals surface area contributed by atoms with Crippen LogP contribution < -0.4 is 10.6 Å². The predicted octanol–water partition coefficient (Wildman–Crippen LogP) is 5.12. The monoisotopic (exact) mass is 360 g/mol. The fourth-order valence-electron chi connectivity index (χ4n) is 2.89. The van der Waals surface area contributed by atoms with Gasteiger partial charge in [-0.15, -0.1) is 0 Å². The van der Waals surface area contributed by atoms with E-state index >= 15 is 0 Å². The summed E-state index contributed by atoms with van der Waals surface area (Å²) in [5, 5.41) is 7.35. The van der Waals surface area contributed by atoms with Gasteiger partial charge in [0.2, 0.25) is 0 Å². The highest BCUT2D eigenvalue weighted by molar-refractivity contribution is 7.80. The van der Waals surface area contributed by atoms with Gasteiger partial charge in [-0.05, 0) is 47.8 Å². The Labute approximate surface area is 161 Å². The third kappa shape index (κ3) is 5.17. The smallest absolute Gasteiger partial charge is 0.166 e. The van der Waals surface area contributed by atoms with Gasteiger partial charge in [0.25, 0.3) is 0 Å². The van der Waals surface area contributed by atoms with Crippen molar-refractivity contribution in [3.8, 4) is 11.1 Å². The van der Waals surface area contributed by atoms with Crippen molar-refractivity contribution in [3.63, 3.8) is 0 Å². The summed E-state index contributed by atoms with van der Waals surface area (Å²) in [7, 11) is 0. The maximum atomic E-state index is 5.43. The topological polar surface area (TPSA) is 24.1 Å². The third-order valence-electron chi connectivity index (χ3n) is 4.41. The van der Waals surface area contributed by atoms with Crippen molar-refractivity contribution in [1.29, 1.82) is 0 Å². The Balaban J connectivity index is 1.49. The van der Waals surface area contributed by atoms with Crippen LogP contribution in [0.5, 0.6) is 0 Å². The van der Waals surface area contributed by atoms with Crippen molar-refractivity contribution in [2.75, 3.05) is 6.54 Å². The van der Waals surface area contributed by atoms with Crippen molar-refractivity contribution in [2.24, 2.45) is 0 Å². The van der Waals surface area contributed by atoms with Gasteiger partial charge in [0, 0.05) is 6.54 Å². The number of benzene rings is 3. The van der Waals surface area contributed by atoms with Crippen LogP contribution in [-0.4, -0.2) is 11.7 Å². The number of nitrogens with one attached hydrogen (secondary N) is 2. The van der Waals surface area contributed by atoms with Crippen LogP contribution in [0.3, 0.4) is 0 Å². The van der Waals surface area contributed by atoms with Gasteiger partial charge in [-0.2, -0.15) is 0 Å². The van der Waals surface area contributed by atoms with Crippen LogP contribution in [0.25, 0.3) is 11.1 Å². The lowest BCUT2D eigenvalue weighted by molar-refractivity contribution is 0.697. The van der Waals surface area contributed by atoms with Gasteiger partial charge in [0.1, 0.15) is 0 Å². The van der Waals surface area contributed by atoms with Crippen molar-refractivity contribution in [1.82, 2.24) is 10.6 Å². The van der Waals surface area contributed by atoms with E-state index in [1.165, 1.54) is 22.3 Å². The maximum Gasteiger partial charge on any atom is 0.166 e. The summed E-state index contributed by atoms with van der Waals surface area (Å²) in [6.07, 6.45) is 0.961. The van der Waals surface area contributed by atoms with E-state index in [-0.39, 0.29) is 6.04 Å². The minimum atomic E-state index is 0.163. The van der Waals surface area contributed by atoms with Gasteiger partial charge in [-0.25, -0.2) is 0 Å². The number of rotatable bonds is 6. The molecular weight excluding hydrogens is 336 g/mol. The van der Waals surface area contributed by atoms with E-state index in [2.05, 4.69) is 90.4 Å². The Kier molecular flexibility index (Phi) is 6.39. The Bertz CT molecular complexity index is 814. The molecule has 2 nitrogen and oxygen atoms in total. The molecule has 0 radical (unpaired) electrons. The number of hydrogen-bond donors (Lipinski definition) is 2. The minimum absolute atomic E-state index is 0.163. The molecule has 0 fully saturated rings. The second-order valence-corrected chi connectivity index (χ2v) is 6.75. The molecule has 3 aromatic carbocycles. The molecule has 26 heavy (non-hydrogen) atoms. The quantitative estimate of drug-likeness (QED) is 0.597. The summed E-state index contributed by atoms with van der Waals surface area (Å²) in [5.41, 5.74) is 4.99. The van der Waals surface area contributed by atoms with Gasteiger partial charge < -0.3 is 10.6 Å². The molecule has 0 bridgehead atoms. The first-order valence-electron chi connectivity index (χ1n) is 8.96. The zero-order valence-electron chi connectivity index (χ0n) is 15.0. The Morgan fingerprint density at radius 1 is 0.808 bits per heavy atom. The summed E-state index contributed by atoms with van der Waals surface area (Å²) in [5.74, 6) is 0. The van der Waals surface area contributed by atoms with Crippen molar-refractivity contribution < 1.29 is 0 Å². The van der Waals surface area contributed by atoms with Crippen LogP contribution in [0, 0.1) is 0 Å². The highest BCUT2D eigenvalue weighted by Gasteiger charge is 2.07. The second-order valence-electron chi connectivity index (χ2n) is 6.35. The molecule has 3 aromatic rings. The van der Waals surface area contributed by atoms with Crippen molar-refractivity contribution in [2.45, 2.75) is 19.4 Å². The lowest BCUT2D eigenvalue weighted by atomic mass is 10.0. The molecule has 0 aliphatic carbocycles. The van der Waals surface area contributed by atoms with Gasteiger partial charge in [-0.3, -0.25) is 0 Å². The summed E-state index contributed by atoms with van der Waals surface area (Å²) < 4.78 is 0. The Morgan fingerprint density at radius 2 is 1.38 bits per heavy atom. The molecule has 3 heteroatoms. The zero-order valence-corrected chi connectivity index (χ0v) is 15.8. The molecule has 0 saturated carbocycles. The third-order valence-corrected chi connectivity index (χ3v) is 4.67. The van der Waals surface area contributed by atoms with Crippen LogP contribution in [0.2, 0.25) is 0 Å². The average molecular weight is 361 g/mol. The van der Waals surface area contributed by atoms with Gasteiger partial charge >= 0.3 is 0 Å². The average Bonchev–Trinajstić information content (AvgIpc) is 2.69. The molecule has 132 valence electrons. The molecule has 2 N–H and O–H groups in total. The first kappa shape index (κ1) is 18.2. The van der Waals surface area contributed by atoms with Gasteiger partial charge in [-0.1, -0.05) is 84.9 Å². The molecule has 0 unspecified atom stereocenters. The van der Waals surface area contributed by atoms with Crippen LogP contribution in [0.15, 0.2) is 84.9 Å². The lowest BCUT2D eigenvalue weighted by Crippen LogP contribution is -2.37. The normalized spacial score (nSPS) is 11.6. The lowest BCUT2D eigenvalue weighted by Gasteiger charge is -2.18. The number of hydrogen-bond acceptors (Lipinski definition) is 1. The van der Waals surface area contributed by atoms with Gasteiger partial charge in [0.05, 0.1) is 6.04 Å². The Morgan fingerprint density at radius 3 is 2.04 bits per heavy atom. The fraction of sp³-hybridized carbons (Fsp3) is 0.174. The standard InChI is InChI=1S/C23H24N2S/c1-18(25-23(26)24-17-16-19-8-4-2-5-9-19)20-12-14-22(15-13-20)21-10-6-3-7-11-21/h2-15,18H,16-17H2,1H3,(H2,24,25,26)/t18-/m1/s1. The highest BCUT2D eigenvalue weighted by Crippen LogP contribution is 2.21. The largest absolute Gasteiger partial charge is 0.362 e. The molecule has 0 amide bonds. The maximum absolute atomic E-state index is 5.43. The molecule has 3 rings (SSSR count). The Hall–Kier alpha value is -2.65. The molecule has 0 aliphatic heterocycles.